The van der Waals surface area contributed by atoms with Crippen molar-refractivity contribution in [3.8, 4) is 0 Å². The molecule has 0 bridgehead atoms. The molecule has 1 atom stereocenters. The van der Waals surface area contributed by atoms with Gasteiger partial charge in [-0.15, -0.1) is 11.3 Å². The third-order valence-corrected chi connectivity index (χ3v) is 2.64. The summed E-state index contributed by atoms with van der Waals surface area (Å²) in [4.78, 5) is 4.31. The fraction of sp³-hybridized carbons (Fsp3) is 0.625. The van der Waals surface area contributed by atoms with Gasteiger partial charge in [0.05, 0.1) is 18.3 Å². The van der Waals surface area contributed by atoms with E-state index in [1.54, 1.807) is 0 Å². The molecule has 0 aromatic carbocycles. The lowest BCUT2D eigenvalue weighted by molar-refractivity contribution is 0.267. The van der Waals surface area contributed by atoms with E-state index in [0.29, 0.717) is 5.92 Å². The summed E-state index contributed by atoms with van der Waals surface area (Å²) in [6.07, 6.45) is 0. The van der Waals surface area contributed by atoms with E-state index >= 15 is 0 Å². The molecular formula is C8H14N2OS. The van der Waals surface area contributed by atoms with Crippen molar-refractivity contribution in [1.82, 2.24) is 4.98 Å². The highest BCUT2D eigenvalue weighted by molar-refractivity contribution is 7.09. The second-order valence-electron chi connectivity index (χ2n) is 3.05. The molecule has 1 aromatic rings. The zero-order chi connectivity index (χ0) is 9.14. The fourth-order valence-electron chi connectivity index (χ4n) is 0.814. The van der Waals surface area contributed by atoms with E-state index in [-0.39, 0.29) is 12.6 Å². The fourth-order valence-corrected chi connectivity index (χ4v) is 1.79. The Labute approximate surface area is 76.3 Å². The lowest BCUT2D eigenvalue weighted by atomic mass is 10.2. The molecule has 3 nitrogen and oxygen atoms in total. The minimum absolute atomic E-state index is 0.0367. The summed E-state index contributed by atoms with van der Waals surface area (Å²) in [7, 11) is 0. The summed E-state index contributed by atoms with van der Waals surface area (Å²) in [6.45, 7) is 4.14. The van der Waals surface area contributed by atoms with Crippen LogP contribution >= 0.6 is 11.3 Å². The van der Waals surface area contributed by atoms with E-state index in [1.807, 2.05) is 5.38 Å². The Bertz CT molecular complexity index is 247. The molecule has 1 aromatic heterocycles. The van der Waals surface area contributed by atoms with Crippen molar-refractivity contribution >= 4 is 11.3 Å². The van der Waals surface area contributed by atoms with E-state index in [4.69, 9.17) is 10.8 Å². The number of aliphatic hydroxyl groups excluding tert-OH is 1. The van der Waals surface area contributed by atoms with Gasteiger partial charge in [-0.2, -0.15) is 0 Å². The van der Waals surface area contributed by atoms with Crippen LogP contribution in [0.4, 0.5) is 0 Å². The van der Waals surface area contributed by atoms with Crippen molar-refractivity contribution < 1.29 is 5.11 Å². The summed E-state index contributed by atoms with van der Waals surface area (Å²) in [5.41, 5.74) is 6.66. The van der Waals surface area contributed by atoms with Crippen LogP contribution in [0.25, 0.3) is 0 Å². The van der Waals surface area contributed by atoms with Crippen LogP contribution < -0.4 is 5.73 Å². The average molecular weight is 186 g/mol. The predicted octanol–water partition coefficient (Wildman–Crippen LogP) is 1.26. The monoisotopic (exact) mass is 186 g/mol. The molecule has 0 spiro atoms. The first-order valence-corrected chi connectivity index (χ1v) is 4.85. The Morgan fingerprint density at radius 2 is 2.33 bits per heavy atom. The van der Waals surface area contributed by atoms with Gasteiger partial charge in [0.1, 0.15) is 5.01 Å². The molecule has 1 unspecified atom stereocenters. The molecular weight excluding hydrogens is 172 g/mol. The Morgan fingerprint density at radius 3 is 2.75 bits per heavy atom. The van der Waals surface area contributed by atoms with Gasteiger partial charge in [0.25, 0.3) is 0 Å². The summed E-state index contributed by atoms with van der Waals surface area (Å²) in [6, 6.07) is -0.317. The Morgan fingerprint density at radius 1 is 1.67 bits per heavy atom. The lowest BCUT2D eigenvalue weighted by Crippen LogP contribution is -2.14. The number of aliphatic hydroxyl groups is 1. The first kappa shape index (κ1) is 9.64. The first-order valence-electron chi connectivity index (χ1n) is 3.97. The predicted molar refractivity (Wildman–Crippen MR) is 50.2 cm³/mol. The van der Waals surface area contributed by atoms with Gasteiger partial charge in [-0.1, -0.05) is 13.8 Å². The van der Waals surface area contributed by atoms with Crippen molar-refractivity contribution in [2.75, 3.05) is 6.61 Å². The third-order valence-electron chi connectivity index (χ3n) is 1.65. The Kier molecular flexibility index (Phi) is 3.20. The van der Waals surface area contributed by atoms with Crippen molar-refractivity contribution in [3.63, 3.8) is 0 Å². The molecule has 1 heterocycles. The number of nitrogens with two attached hydrogens (primary N) is 1. The van der Waals surface area contributed by atoms with Gasteiger partial charge in [-0.05, 0) is 5.92 Å². The highest BCUT2D eigenvalue weighted by Crippen LogP contribution is 2.21. The van der Waals surface area contributed by atoms with E-state index in [9.17, 15) is 0 Å². The van der Waals surface area contributed by atoms with Crippen molar-refractivity contribution in [2.45, 2.75) is 25.8 Å². The Balaban J connectivity index is 2.77. The van der Waals surface area contributed by atoms with Gasteiger partial charge in [-0.3, -0.25) is 0 Å². The van der Waals surface area contributed by atoms with Gasteiger partial charge in [0.15, 0.2) is 0 Å². The van der Waals surface area contributed by atoms with Crippen LogP contribution in [0.15, 0.2) is 5.38 Å². The third kappa shape index (κ3) is 2.03. The van der Waals surface area contributed by atoms with E-state index in [0.717, 1.165) is 10.7 Å². The number of hydrogen-bond donors (Lipinski definition) is 2. The Hall–Kier alpha value is -0.450. The van der Waals surface area contributed by atoms with Crippen LogP contribution in [-0.2, 0) is 0 Å². The molecule has 1 rings (SSSR count). The largest absolute Gasteiger partial charge is 0.394 e. The zero-order valence-electron chi connectivity index (χ0n) is 7.32. The summed E-state index contributed by atoms with van der Waals surface area (Å²) in [5.74, 6) is 0.431. The van der Waals surface area contributed by atoms with Crippen LogP contribution in [0, 0.1) is 0 Å². The molecule has 0 fully saturated rings. The number of aromatic nitrogens is 1. The van der Waals surface area contributed by atoms with Crippen LogP contribution in [0.1, 0.15) is 36.5 Å². The summed E-state index contributed by atoms with van der Waals surface area (Å²) >= 11 is 1.51. The van der Waals surface area contributed by atoms with Gasteiger partial charge in [-0.25, -0.2) is 4.98 Å². The molecule has 0 amide bonds. The second kappa shape index (κ2) is 3.98. The molecule has 0 aliphatic heterocycles. The van der Waals surface area contributed by atoms with Gasteiger partial charge in [0.2, 0.25) is 0 Å². The van der Waals surface area contributed by atoms with E-state index in [1.165, 1.54) is 11.3 Å². The number of thiazole rings is 1. The first-order chi connectivity index (χ1) is 5.65. The molecule has 0 saturated heterocycles. The van der Waals surface area contributed by atoms with E-state index < -0.39 is 0 Å². The molecule has 0 aliphatic rings. The molecule has 0 aliphatic carbocycles. The van der Waals surface area contributed by atoms with Crippen LogP contribution in [-0.4, -0.2) is 16.7 Å². The second-order valence-corrected chi connectivity index (χ2v) is 3.94. The average Bonchev–Trinajstić information content (AvgIpc) is 2.51. The standard InChI is InChI=1S/C8H14N2OS/c1-5(2)7-4-12-8(10-7)6(9)3-11/h4-6,11H,3,9H2,1-2H3. The molecule has 3 N–H and O–H groups in total. The molecule has 0 radical (unpaired) electrons. The number of rotatable bonds is 3. The van der Waals surface area contributed by atoms with Crippen molar-refractivity contribution in [3.05, 3.63) is 16.1 Å². The van der Waals surface area contributed by atoms with E-state index in [2.05, 4.69) is 18.8 Å². The molecule has 0 saturated carbocycles. The van der Waals surface area contributed by atoms with Crippen LogP contribution in [0.3, 0.4) is 0 Å². The normalized spacial score (nSPS) is 13.8. The number of nitrogens with zero attached hydrogens (tertiary/aromatic N) is 1. The van der Waals surface area contributed by atoms with Crippen LogP contribution in [0.5, 0.6) is 0 Å². The quantitative estimate of drug-likeness (QED) is 0.747. The van der Waals surface area contributed by atoms with Gasteiger partial charge in [0, 0.05) is 5.38 Å². The smallest absolute Gasteiger partial charge is 0.112 e. The summed E-state index contributed by atoms with van der Waals surface area (Å²) < 4.78 is 0. The zero-order valence-corrected chi connectivity index (χ0v) is 8.14. The number of hydrogen-bond acceptors (Lipinski definition) is 4. The highest BCUT2D eigenvalue weighted by atomic mass is 32.1. The van der Waals surface area contributed by atoms with Crippen molar-refractivity contribution in [2.24, 2.45) is 5.73 Å². The minimum Gasteiger partial charge on any atom is -0.394 e. The maximum absolute atomic E-state index is 8.78. The lowest BCUT2D eigenvalue weighted by Gasteiger charge is -2.02. The molecule has 68 valence electrons. The van der Waals surface area contributed by atoms with Crippen LogP contribution in [0.2, 0.25) is 0 Å². The van der Waals surface area contributed by atoms with Crippen molar-refractivity contribution in [1.29, 1.82) is 0 Å². The van der Waals surface area contributed by atoms with Gasteiger partial charge < -0.3 is 10.8 Å². The topological polar surface area (TPSA) is 59.1 Å². The maximum Gasteiger partial charge on any atom is 0.112 e. The molecule has 4 heteroatoms. The van der Waals surface area contributed by atoms with Gasteiger partial charge >= 0.3 is 0 Å². The maximum atomic E-state index is 8.78. The summed E-state index contributed by atoms with van der Waals surface area (Å²) in [5, 5.41) is 11.6. The SMILES string of the molecule is CC(C)c1csc(C(N)CO)n1. The molecule has 12 heavy (non-hydrogen) atoms. The minimum atomic E-state index is -0.317. The highest BCUT2D eigenvalue weighted by Gasteiger charge is 2.10.